The number of nitrogens with zero attached hydrogens (tertiary/aromatic N) is 3. The third-order valence-corrected chi connectivity index (χ3v) is 6.83. The van der Waals surface area contributed by atoms with Gasteiger partial charge in [0.1, 0.15) is 0 Å². The molecule has 1 fully saturated rings. The van der Waals surface area contributed by atoms with Crippen LogP contribution >= 0.6 is 0 Å². The van der Waals surface area contributed by atoms with Gasteiger partial charge in [-0.25, -0.2) is 8.42 Å². The van der Waals surface area contributed by atoms with Gasteiger partial charge in [0, 0.05) is 37.6 Å². The van der Waals surface area contributed by atoms with Gasteiger partial charge in [0.2, 0.25) is 15.9 Å². The number of piperazine rings is 1. The molecule has 138 valence electrons. The topological polar surface area (TPSA) is 93.5 Å². The lowest BCUT2D eigenvalue weighted by Crippen LogP contribution is -2.48. The summed E-state index contributed by atoms with van der Waals surface area (Å²) in [6.45, 7) is 1.93. The van der Waals surface area contributed by atoms with Gasteiger partial charge in [-0.3, -0.25) is 4.79 Å². The van der Waals surface area contributed by atoms with Gasteiger partial charge in [0.25, 0.3) is 0 Å². The highest BCUT2D eigenvalue weighted by Crippen LogP contribution is 2.28. The van der Waals surface area contributed by atoms with Crippen molar-refractivity contribution in [2.45, 2.75) is 11.3 Å². The summed E-state index contributed by atoms with van der Waals surface area (Å²) in [6, 6.07) is 14.2. The first-order valence-corrected chi connectivity index (χ1v) is 10.1. The van der Waals surface area contributed by atoms with Gasteiger partial charge in [-0.1, -0.05) is 0 Å². The molecule has 27 heavy (non-hydrogen) atoms. The standard InChI is InChI=1S/C19H18N4O3S/c20-13-14-1-3-16(4-2-14)22-7-9-23(10-8-22)27(25,26)17-5-6-18-15(11-17)12-19(24)21-18/h1-6,11H,7-10,12H2,(H,21,24). The summed E-state index contributed by atoms with van der Waals surface area (Å²) >= 11 is 0. The number of carbonyl (C=O) groups is 1. The molecule has 0 spiro atoms. The van der Waals surface area contributed by atoms with E-state index in [1.807, 2.05) is 12.1 Å². The van der Waals surface area contributed by atoms with Crippen molar-refractivity contribution in [3.05, 3.63) is 53.6 Å². The lowest BCUT2D eigenvalue weighted by Gasteiger charge is -2.35. The fourth-order valence-corrected chi connectivity index (χ4v) is 4.92. The smallest absolute Gasteiger partial charge is 0.243 e. The van der Waals surface area contributed by atoms with E-state index in [0.29, 0.717) is 37.4 Å². The summed E-state index contributed by atoms with van der Waals surface area (Å²) in [5, 5.41) is 11.6. The SMILES string of the molecule is N#Cc1ccc(N2CCN(S(=O)(=O)c3ccc4c(c3)CC(=O)N4)CC2)cc1. The van der Waals surface area contributed by atoms with Crippen molar-refractivity contribution in [2.75, 3.05) is 36.4 Å². The first-order valence-electron chi connectivity index (χ1n) is 8.65. The zero-order valence-corrected chi connectivity index (χ0v) is 15.4. The molecule has 0 saturated carbocycles. The van der Waals surface area contributed by atoms with E-state index in [9.17, 15) is 13.2 Å². The number of sulfonamides is 1. The Labute approximate surface area is 157 Å². The molecule has 1 amide bonds. The summed E-state index contributed by atoms with van der Waals surface area (Å²) in [5.41, 5.74) is 2.99. The summed E-state index contributed by atoms with van der Waals surface area (Å²) < 4.78 is 27.4. The molecule has 1 saturated heterocycles. The molecule has 0 atom stereocenters. The number of carbonyl (C=O) groups excluding carboxylic acids is 1. The van der Waals surface area contributed by atoms with Crippen LogP contribution in [0.5, 0.6) is 0 Å². The van der Waals surface area contributed by atoms with E-state index in [-0.39, 0.29) is 17.2 Å². The summed E-state index contributed by atoms with van der Waals surface area (Å²) in [6.07, 6.45) is 0.213. The van der Waals surface area contributed by atoms with Gasteiger partial charge in [-0.05, 0) is 48.0 Å². The van der Waals surface area contributed by atoms with Gasteiger partial charge in [-0.2, -0.15) is 9.57 Å². The molecule has 8 heteroatoms. The van der Waals surface area contributed by atoms with E-state index in [2.05, 4.69) is 16.3 Å². The van der Waals surface area contributed by atoms with E-state index in [4.69, 9.17) is 5.26 Å². The number of amides is 1. The first kappa shape index (κ1) is 17.5. The van der Waals surface area contributed by atoms with Crippen molar-refractivity contribution >= 4 is 27.3 Å². The number of hydrogen-bond acceptors (Lipinski definition) is 5. The number of hydrogen-bond donors (Lipinski definition) is 1. The Morgan fingerprint density at radius 2 is 1.70 bits per heavy atom. The largest absolute Gasteiger partial charge is 0.369 e. The molecule has 0 radical (unpaired) electrons. The molecule has 7 nitrogen and oxygen atoms in total. The Morgan fingerprint density at radius 3 is 2.37 bits per heavy atom. The Balaban J connectivity index is 1.48. The van der Waals surface area contributed by atoms with E-state index >= 15 is 0 Å². The van der Waals surface area contributed by atoms with Crippen molar-refractivity contribution in [1.82, 2.24) is 4.31 Å². The van der Waals surface area contributed by atoms with Crippen molar-refractivity contribution in [2.24, 2.45) is 0 Å². The predicted molar refractivity (Wildman–Crippen MR) is 101 cm³/mol. The molecule has 4 rings (SSSR count). The van der Waals surface area contributed by atoms with Crippen molar-refractivity contribution < 1.29 is 13.2 Å². The zero-order valence-electron chi connectivity index (χ0n) is 14.6. The van der Waals surface area contributed by atoms with Crippen LogP contribution in [-0.2, 0) is 21.2 Å². The number of benzene rings is 2. The van der Waals surface area contributed by atoms with Crippen LogP contribution in [0.25, 0.3) is 0 Å². The third-order valence-electron chi connectivity index (χ3n) is 4.94. The predicted octanol–water partition coefficient (Wildman–Crippen LogP) is 1.56. The lowest BCUT2D eigenvalue weighted by molar-refractivity contribution is -0.115. The number of nitrogens with one attached hydrogen (secondary N) is 1. The average molecular weight is 382 g/mol. The fourth-order valence-electron chi connectivity index (χ4n) is 3.45. The average Bonchev–Trinajstić information content (AvgIpc) is 3.07. The monoisotopic (exact) mass is 382 g/mol. The van der Waals surface area contributed by atoms with Crippen LogP contribution in [0.3, 0.4) is 0 Å². The molecular weight excluding hydrogens is 364 g/mol. The molecule has 0 aliphatic carbocycles. The van der Waals surface area contributed by atoms with Crippen LogP contribution in [0, 0.1) is 11.3 Å². The lowest BCUT2D eigenvalue weighted by atomic mass is 10.2. The zero-order chi connectivity index (χ0) is 19.0. The quantitative estimate of drug-likeness (QED) is 0.870. The maximum Gasteiger partial charge on any atom is 0.243 e. The Kier molecular flexibility index (Phi) is 4.34. The van der Waals surface area contributed by atoms with Crippen LogP contribution in [0.4, 0.5) is 11.4 Å². The highest BCUT2D eigenvalue weighted by molar-refractivity contribution is 7.89. The van der Waals surface area contributed by atoms with Crippen LogP contribution < -0.4 is 10.2 Å². The second kappa shape index (κ2) is 6.68. The summed E-state index contributed by atoms with van der Waals surface area (Å²) in [7, 11) is -3.59. The molecule has 0 bridgehead atoms. The minimum atomic E-state index is -3.59. The molecule has 2 aliphatic rings. The molecule has 2 aromatic carbocycles. The summed E-state index contributed by atoms with van der Waals surface area (Å²) in [4.78, 5) is 13.8. The van der Waals surface area contributed by atoms with Crippen LogP contribution in [0.15, 0.2) is 47.4 Å². The third kappa shape index (κ3) is 3.27. The van der Waals surface area contributed by atoms with Gasteiger partial charge >= 0.3 is 0 Å². The second-order valence-electron chi connectivity index (χ2n) is 6.59. The van der Waals surface area contributed by atoms with Gasteiger partial charge in [0.15, 0.2) is 0 Å². The van der Waals surface area contributed by atoms with Gasteiger partial charge in [-0.15, -0.1) is 0 Å². The van der Waals surface area contributed by atoms with Gasteiger partial charge in [0.05, 0.1) is 22.9 Å². The minimum Gasteiger partial charge on any atom is -0.369 e. The number of rotatable bonds is 3. The number of fused-ring (bicyclic) bond motifs is 1. The normalized spacial score (nSPS) is 17.3. The van der Waals surface area contributed by atoms with E-state index in [1.54, 1.807) is 30.3 Å². The van der Waals surface area contributed by atoms with Crippen molar-refractivity contribution in [3.8, 4) is 6.07 Å². The van der Waals surface area contributed by atoms with Crippen LogP contribution in [0.1, 0.15) is 11.1 Å². The Morgan fingerprint density at radius 1 is 1.00 bits per heavy atom. The maximum atomic E-state index is 13.0. The van der Waals surface area contributed by atoms with Crippen molar-refractivity contribution in [1.29, 1.82) is 5.26 Å². The van der Waals surface area contributed by atoms with Crippen LogP contribution in [0.2, 0.25) is 0 Å². The molecule has 1 N–H and O–H groups in total. The van der Waals surface area contributed by atoms with E-state index < -0.39 is 10.0 Å². The van der Waals surface area contributed by atoms with Gasteiger partial charge < -0.3 is 10.2 Å². The van der Waals surface area contributed by atoms with Crippen molar-refractivity contribution in [3.63, 3.8) is 0 Å². The van der Waals surface area contributed by atoms with E-state index in [0.717, 1.165) is 11.3 Å². The molecule has 2 heterocycles. The minimum absolute atomic E-state index is 0.115. The molecule has 0 unspecified atom stereocenters. The highest BCUT2D eigenvalue weighted by atomic mass is 32.2. The fraction of sp³-hybridized carbons (Fsp3) is 0.263. The number of nitriles is 1. The second-order valence-corrected chi connectivity index (χ2v) is 8.53. The number of anilines is 2. The molecule has 2 aliphatic heterocycles. The molecule has 2 aromatic rings. The Bertz CT molecular complexity index is 1030. The maximum absolute atomic E-state index is 13.0. The summed E-state index contributed by atoms with van der Waals surface area (Å²) in [5.74, 6) is -0.115. The molecular formula is C19H18N4O3S. The first-order chi connectivity index (χ1) is 13.0. The Hall–Kier alpha value is -2.89. The molecule has 0 aromatic heterocycles. The van der Waals surface area contributed by atoms with E-state index in [1.165, 1.54) is 4.31 Å². The highest BCUT2D eigenvalue weighted by Gasteiger charge is 2.30. The van der Waals surface area contributed by atoms with Crippen LogP contribution in [-0.4, -0.2) is 44.8 Å².